The van der Waals surface area contributed by atoms with E-state index in [1.165, 1.54) is 25.7 Å². The van der Waals surface area contributed by atoms with Crippen molar-refractivity contribution in [3.05, 3.63) is 0 Å². The molecule has 3 unspecified atom stereocenters. The molecule has 0 rings (SSSR count). The van der Waals surface area contributed by atoms with Gasteiger partial charge in [0.25, 0.3) is 0 Å². The fourth-order valence-electron chi connectivity index (χ4n) is 2.40. The Balaban J connectivity index is 4.24. The molecule has 0 fully saturated rings. The maximum absolute atomic E-state index is 5.90. The van der Waals surface area contributed by atoms with Crippen molar-refractivity contribution >= 4 is 0 Å². The molecule has 92 valence electrons. The number of likely N-dealkylation sites (N-methyl/N-ethyl adjacent to an activating group) is 1. The van der Waals surface area contributed by atoms with Crippen LogP contribution in [0.2, 0.25) is 0 Å². The zero-order chi connectivity index (χ0) is 11.8. The monoisotopic (exact) mass is 214 g/mol. The van der Waals surface area contributed by atoms with Gasteiger partial charge in [0.1, 0.15) is 0 Å². The number of nitrogens with two attached hydrogens (primary N) is 1. The van der Waals surface area contributed by atoms with Gasteiger partial charge in [-0.05, 0) is 32.7 Å². The summed E-state index contributed by atoms with van der Waals surface area (Å²) in [7, 11) is 2.23. The van der Waals surface area contributed by atoms with E-state index in [4.69, 9.17) is 5.73 Å². The molecule has 2 N–H and O–H groups in total. The van der Waals surface area contributed by atoms with E-state index in [1.807, 2.05) is 0 Å². The van der Waals surface area contributed by atoms with Crippen LogP contribution in [0.1, 0.15) is 53.4 Å². The molecular weight excluding hydrogens is 184 g/mol. The first-order valence-electron chi connectivity index (χ1n) is 6.50. The van der Waals surface area contributed by atoms with Crippen LogP contribution < -0.4 is 5.73 Å². The molecule has 0 saturated carbocycles. The second-order valence-corrected chi connectivity index (χ2v) is 4.87. The van der Waals surface area contributed by atoms with Crippen LogP contribution in [0, 0.1) is 5.92 Å². The lowest BCUT2D eigenvalue weighted by Crippen LogP contribution is -2.46. The largest absolute Gasteiger partial charge is 0.329 e. The average molecular weight is 214 g/mol. The molecule has 0 heterocycles. The lowest BCUT2D eigenvalue weighted by atomic mass is 9.94. The highest BCUT2D eigenvalue weighted by atomic mass is 15.2. The first kappa shape index (κ1) is 14.9. The molecule has 0 aliphatic rings. The van der Waals surface area contributed by atoms with E-state index in [1.54, 1.807) is 0 Å². The molecule has 0 aromatic carbocycles. The maximum Gasteiger partial charge on any atom is 0.0243 e. The Bertz CT molecular complexity index is 147. The summed E-state index contributed by atoms with van der Waals surface area (Å²) in [5.74, 6) is 0.712. The molecule has 3 atom stereocenters. The quantitative estimate of drug-likeness (QED) is 0.673. The van der Waals surface area contributed by atoms with Gasteiger partial charge in [-0.2, -0.15) is 0 Å². The van der Waals surface area contributed by atoms with Gasteiger partial charge in [0, 0.05) is 18.6 Å². The molecule has 0 spiro atoms. The minimum atomic E-state index is 0.548. The maximum atomic E-state index is 5.90. The smallest absolute Gasteiger partial charge is 0.0243 e. The van der Waals surface area contributed by atoms with Crippen LogP contribution in [0.15, 0.2) is 0 Å². The zero-order valence-corrected chi connectivity index (χ0v) is 11.3. The van der Waals surface area contributed by atoms with E-state index in [-0.39, 0.29) is 0 Å². The highest BCUT2D eigenvalue weighted by molar-refractivity contribution is 4.79. The minimum Gasteiger partial charge on any atom is -0.329 e. The van der Waals surface area contributed by atoms with Crippen LogP contribution >= 0.6 is 0 Å². The molecular formula is C13H30N2. The molecule has 0 amide bonds. The first-order chi connectivity index (χ1) is 7.08. The Morgan fingerprint density at radius 1 is 1.07 bits per heavy atom. The van der Waals surface area contributed by atoms with Crippen molar-refractivity contribution in [2.24, 2.45) is 11.7 Å². The lowest BCUT2D eigenvalue weighted by molar-refractivity contribution is 0.132. The summed E-state index contributed by atoms with van der Waals surface area (Å²) in [6.07, 6.45) is 5.06. The third-order valence-corrected chi connectivity index (χ3v) is 3.57. The van der Waals surface area contributed by atoms with Gasteiger partial charge in [-0.25, -0.2) is 0 Å². The topological polar surface area (TPSA) is 29.3 Å². The van der Waals surface area contributed by atoms with Gasteiger partial charge in [-0.3, -0.25) is 4.90 Å². The standard InChI is InChI=1S/C13H30N2/c1-6-8-11(3)13(10-14)15(5)12(4)9-7-2/h11-13H,6-10,14H2,1-5H3. The predicted octanol–water partition coefficient (Wildman–Crippen LogP) is 2.87. The molecule has 0 aromatic rings. The van der Waals surface area contributed by atoms with Crippen LogP contribution in [0.5, 0.6) is 0 Å². The van der Waals surface area contributed by atoms with Gasteiger partial charge < -0.3 is 5.73 Å². The Morgan fingerprint density at radius 2 is 1.60 bits per heavy atom. The molecule has 0 aliphatic carbocycles. The van der Waals surface area contributed by atoms with Crippen molar-refractivity contribution < 1.29 is 0 Å². The summed E-state index contributed by atoms with van der Waals surface area (Å²) in [4.78, 5) is 2.48. The molecule has 0 aliphatic heterocycles. The predicted molar refractivity (Wildman–Crippen MR) is 69.0 cm³/mol. The summed E-state index contributed by atoms with van der Waals surface area (Å²) < 4.78 is 0. The van der Waals surface area contributed by atoms with Crippen molar-refractivity contribution in [2.45, 2.75) is 65.5 Å². The van der Waals surface area contributed by atoms with Gasteiger partial charge in [0.05, 0.1) is 0 Å². The first-order valence-corrected chi connectivity index (χ1v) is 6.50. The average Bonchev–Trinajstić information content (AvgIpc) is 2.19. The normalized spacial score (nSPS) is 17.8. The van der Waals surface area contributed by atoms with Gasteiger partial charge >= 0.3 is 0 Å². The van der Waals surface area contributed by atoms with Crippen molar-refractivity contribution in [3.8, 4) is 0 Å². The molecule has 0 saturated heterocycles. The van der Waals surface area contributed by atoms with E-state index >= 15 is 0 Å². The van der Waals surface area contributed by atoms with Crippen molar-refractivity contribution in [1.29, 1.82) is 0 Å². The minimum absolute atomic E-state index is 0.548. The van der Waals surface area contributed by atoms with Crippen LogP contribution in [-0.4, -0.2) is 30.6 Å². The SMILES string of the molecule is CCCC(C)C(CN)N(C)C(C)CCC. The number of hydrogen-bond donors (Lipinski definition) is 1. The second-order valence-electron chi connectivity index (χ2n) is 4.87. The van der Waals surface area contributed by atoms with Crippen LogP contribution in [-0.2, 0) is 0 Å². The van der Waals surface area contributed by atoms with Crippen molar-refractivity contribution in [3.63, 3.8) is 0 Å². The van der Waals surface area contributed by atoms with Crippen LogP contribution in [0.25, 0.3) is 0 Å². The highest BCUT2D eigenvalue weighted by Crippen LogP contribution is 2.18. The summed E-state index contributed by atoms with van der Waals surface area (Å²) >= 11 is 0. The third-order valence-electron chi connectivity index (χ3n) is 3.57. The highest BCUT2D eigenvalue weighted by Gasteiger charge is 2.22. The summed E-state index contributed by atoms with van der Waals surface area (Å²) in [5.41, 5.74) is 5.90. The lowest BCUT2D eigenvalue weighted by Gasteiger charge is -2.36. The Kier molecular flexibility index (Phi) is 8.07. The molecule has 15 heavy (non-hydrogen) atoms. The molecule has 0 aromatic heterocycles. The number of nitrogens with zero attached hydrogens (tertiary/aromatic N) is 1. The van der Waals surface area contributed by atoms with Gasteiger partial charge in [0.15, 0.2) is 0 Å². The number of rotatable bonds is 8. The van der Waals surface area contributed by atoms with Crippen molar-refractivity contribution in [2.75, 3.05) is 13.6 Å². The van der Waals surface area contributed by atoms with E-state index in [2.05, 4.69) is 39.6 Å². The van der Waals surface area contributed by atoms with Crippen LogP contribution in [0.4, 0.5) is 0 Å². The summed E-state index contributed by atoms with van der Waals surface area (Å²) in [5, 5.41) is 0. The second kappa shape index (κ2) is 8.12. The van der Waals surface area contributed by atoms with E-state index in [0.717, 1.165) is 6.54 Å². The molecule has 0 radical (unpaired) electrons. The Morgan fingerprint density at radius 3 is 2.00 bits per heavy atom. The van der Waals surface area contributed by atoms with Crippen molar-refractivity contribution in [1.82, 2.24) is 4.90 Å². The fraction of sp³-hybridized carbons (Fsp3) is 1.00. The van der Waals surface area contributed by atoms with E-state index in [0.29, 0.717) is 18.0 Å². The van der Waals surface area contributed by atoms with E-state index < -0.39 is 0 Å². The summed E-state index contributed by atoms with van der Waals surface area (Å²) in [6.45, 7) is 9.92. The van der Waals surface area contributed by atoms with Crippen LogP contribution in [0.3, 0.4) is 0 Å². The Hall–Kier alpha value is -0.0800. The fourth-order valence-corrected chi connectivity index (χ4v) is 2.40. The molecule has 0 bridgehead atoms. The Labute approximate surface area is 96.2 Å². The third kappa shape index (κ3) is 4.98. The van der Waals surface area contributed by atoms with Gasteiger partial charge in [0.2, 0.25) is 0 Å². The van der Waals surface area contributed by atoms with Gasteiger partial charge in [-0.1, -0.05) is 33.6 Å². The summed E-state index contributed by atoms with van der Waals surface area (Å²) in [6, 6.07) is 1.20. The zero-order valence-electron chi connectivity index (χ0n) is 11.3. The molecule has 2 nitrogen and oxygen atoms in total. The van der Waals surface area contributed by atoms with E-state index in [9.17, 15) is 0 Å². The number of hydrogen-bond acceptors (Lipinski definition) is 2. The molecule has 2 heteroatoms. The van der Waals surface area contributed by atoms with Gasteiger partial charge in [-0.15, -0.1) is 0 Å².